The van der Waals surface area contributed by atoms with E-state index in [9.17, 15) is 4.79 Å². The number of rotatable bonds is 1. The minimum atomic E-state index is -0.233. The maximum atomic E-state index is 11.7. The van der Waals surface area contributed by atoms with Crippen LogP contribution < -0.4 is 5.84 Å². The molecule has 0 unspecified atom stereocenters. The van der Waals surface area contributed by atoms with Crippen LogP contribution in [0.2, 0.25) is 5.02 Å². The molecule has 0 saturated heterocycles. The zero-order chi connectivity index (χ0) is 11.0. The van der Waals surface area contributed by atoms with Crippen molar-refractivity contribution < 1.29 is 4.79 Å². The van der Waals surface area contributed by atoms with Gasteiger partial charge in [0.2, 0.25) is 0 Å². The summed E-state index contributed by atoms with van der Waals surface area (Å²) >= 11 is 5.83. The number of aromatic nitrogens is 1. The van der Waals surface area contributed by atoms with E-state index in [2.05, 4.69) is 4.98 Å². The molecule has 0 saturated carbocycles. The highest BCUT2D eigenvalue weighted by molar-refractivity contribution is 6.31. The Morgan fingerprint density at radius 1 is 1.53 bits per heavy atom. The van der Waals surface area contributed by atoms with E-state index >= 15 is 0 Å². The van der Waals surface area contributed by atoms with Crippen molar-refractivity contribution in [2.45, 2.75) is 0 Å². The summed E-state index contributed by atoms with van der Waals surface area (Å²) < 4.78 is 0. The van der Waals surface area contributed by atoms with Crippen molar-refractivity contribution in [2.24, 2.45) is 5.84 Å². The highest BCUT2D eigenvalue weighted by Crippen LogP contribution is 2.22. The van der Waals surface area contributed by atoms with Crippen LogP contribution in [0.25, 0.3) is 10.9 Å². The van der Waals surface area contributed by atoms with Gasteiger partial charge in [0.1, 0.15) is 0 Å². The van der Waals surface area contributed by atoms with E-state index in [1.54, 1.807) is 24.4 Å². The molecule has 0 fully saturated rings. The molecule has 0 radical (unpaired) electrons. The lowest BCUT2D eigenvalue weighted by Gasteiger charge is -2.08. The van der Waals surface area contributed by atoms with E-state index in [0.29, 0.717) is 10.6 Å². The third-order valence-electron chi connectivity index (χ3n) is 2.19. The van der Waals surface area contributed by atoms with Crippen LogP contribution in [-0.4, -0.2) is 22.9 Å². The smallest absolute Gasteiger partial charge is 0.269 e. The van der Waals surface area contributed by atoms with Crippen molar-refractivity contribution in [1.29, 1.82) is 0 Å². The van der Waals surface area contributed by atoms with Gasteiger partial charge in [0.25, 0.3) is 5.91 Å². The van der Waals surface area contributed by atoms with Gasteiger partial charge in [-0.1, -0.05) is 17.7 Å². The predicted octanol–water partition coefficient (Wildman–Crippen LogP) is 1.77. The number of aromatic amines is 1. The van der Waals surface area contributed by atoms with Gasteiger partial charge in [-0.3, -0.25) is 9.80 Å². The van der Waals surface area contributed by atoms with Crippen LogP contribution in [0.1, 0.15) is 10.4 Å². The number of nitrogens with two attached hydrogens (primary N) is 1. The molecule has 0 aliphatic heterocycles. The molecule has 1 aromatic carbocycles. The average Bonchev–Trinajstić information content (AvgIpc) is 2.59. The highest BCUT2D eigenvalue weighted by Gasteiger charge is 2.13. The lowest BCUT2D eigenvalue weighted by atomic mass is 10.1. The average molecular weight is 224 g/mol. The molecule has 0 aliphatic carbocycles. The molecule has 2 aromatic rings. The number of nitrogens with zero attached hydrogens (tertiary/aromatic N) is 1. The van der Waals surface area contributed by atoms with Crippen LogP contribution in [0.15, 0.2) is 24.4 Å². The lowest BCUT2D eigenvalue weighted by Crippen LogP contribution is -2.32. The molecule has 1 heterocycles. The minimum absolute atomic E-state index is 0.233. The number of hydrazine groups is 1. The molecule has 1 aromatic heterocycles. The molecular weight excluding hydrogens is 214 g/mol. The molecular formula is C10H10ClN3O. The summed E-state index contributed by atoms with van der Waals surface area (Å²) in [7, 11) is 1.51. The zero-order valence-electron chi connectivity index (χ0n) is 8.12. The molecule has 0 atom stereocenters. The van der Waals surface area contributed by atoms with Crippen LogP contribution in [-0.2, 0) is 0 Å². The van der Waals surface area contributed by atoms with Gasteiger partial charge in [-0.25, -0.2) is 5.84 Å². The summed E-state index contributed by atoms with van der Waals surface area (Å²) in [5, 5.41) is 2.50. The fourth-order valence-electron chi connectivity index (χ4n) is 1.47. The normalized spacial score (nSPS) is 10.6. The second kappa shape index (κ2) is 3.56. The first-order chi connectivity index (χ1) is 7.09. The van der Waals surface area contributed by atoms with Crippen molar-refractivity contribution in [2.75, 3.05) is 7.05 Å². The Morgan fingerprint density at radius 3 is 2.93 bits per heavy atom. The van der Waals surface area contributed by atoms with Crippen LogP contribution >= 0.6 is 11.6 Å². The molecule has 2 rings (SSSR count). The number of hydrogen-bond donors (Lipinski definition) is 2. The topological polar surface area (TPSA) is 62.1 Å². The number of amides is 1. The van der Waals surface area contributed by atoms with Crippen molar-refractivity contribution in [3.8, 4) is 0 Å². The number of carbonyl (C=O) groups excluding carboxylic acids is 1. The van der Waals surface area contributed by atoms with Crippen LogP contribution in [0.3, 0.4) is 0 Å². The number of benzene rings is 1. The van der Waals surface area contributed by atoms with Crippen molar-refractivity contribution in [1.82, 2.24) is 9.99 Å². The van der Waals surface area contributed by atoms with Gasteiger partial charge in [0.05, 0.1) is 5.56 Å². The number of fused-ring (bicyclic) bond motifs is 1. The second-order valence-electron chi connectivity index (χ2n) is 3.31. The maximum Gasteiger partial charge on any atom is 0.269 e. The van der Waals surface area contributed by atoms with Crippen molar-refractivity contribution in [3.63, 3.8) is 0 Å². The molecule has 1 amide bonds. The van der Waals surface area contributed by atoms with Crippen LogP contribution in [0.4, 0.5) is 0 Å². The van der Waals surface area contributed by atoms with Gasteiger partial charge in [-0.05, 0) is 12.1 Å². The minimum Gasteiger partial charge on any atom is -0.360 e. The Balaban J connectivity index is 2.59. The Kier molecular flexibility index (Phi) is 2.38. The summed E-state index contributed by atoms with van der Waals surface area (Å²) in [5.41, 5.74) is 1.37. The zero-order valence-corrected chi connectivity index (χ0v) is 8.88. The van der Waals surface area contributed by atoms with Crippen LogP contribution in [0, 0.1) is 0 Å². The number of hydrogen-bond acceptors (Lipinski definition) is 2. The van der Waals surface area contributed by atoms with E-state index in [-0.39, 0.29) is 5.91 Å². The SMILES string of the molecule is CN(N)C(=O)c1c[nH]c2cc(Cl)ccc12. The van der Waals surface area contributed by atoms with E-state index in [1.165, 1.54) is 7.05 Å². The van der Waals surface area contributed by atoms with Gasteiger partial charge in [0.15, 0.2) is 0 Å². The summed E-state index contributed by atoms with van der Waals surface area (Å²) in [6.45, 7) is 0. The first-order valence-corrected chi connectivity index (χ1v) is 4.77. The highest BCUT2D eigenvalue weighted by atomic mass is 35.5. The number of carbonyl (C=O) groups is 1. The van der Waals surface area contributed by atoms with Gasteiger partial charge < -0.3 is 4.98 Å². The Bertz CT molecular complexity index is 518. The number of H-pyrrole nitrogens is 1. The quantitative estimate of drug-likeness (QED) is 0.440. The largest absolute Gasteiger partial charge is 0.360 e. The summed E-state index contributed by atoms with van der Waals surface area (Å²) in [6, 6.07) is 5.31. The van der Waals surface area contributed by atoms with E-state index in [0.717, 1.165) is 15.9 Å². The maximum absolute atomic E-state index is 11.7. The Hall–Kier alpha value is -1.52. The molecule has 3 N–H and O–H groups in total. The Labute approximate surface area is 91.6 Å². The number of halogens is 1. The van der Waals surface area contributed by atoms with Crippen molar-refractivity contribution >= 4 is 28.4 Å². The first kappa shape index (κ1) is 10.0. The molecule has 15 heavy (non-hydrogen) atoms. The van der Waals surface area contributed by atoms with Gasteiger partial charge in [0, 0.05) is 29.2 Å². The van der Waals surface area contributed by atoms with Gasteiger partial charge in [-0.2, -0.15) is 0 Å². The predicted molar refractivity (Wildman–Crippen MR) is 59.6 cm³/mol. The Morgan fingerprint density at radius 2 is 2.27 bits per heavy atom. The van der Waals surface area contributed by atoms with E-state index in [4.69, 9.17) is 17.4 Å². The lowest BCUT2D eigenvalue weighted by molar-refractivity contribution is 0.0797. The molecule has 78 valence electrons. The molecule has 4 nitrogen and oxygen atoms in total. The van der Waals surface area contributed by atoms with E-state index in [1.807, 2.05) is 0 Å². The third-order valence-corrected chi connectivity index (χ3v) is 2.43. The molecule has 0 bridgehead atoms. The summed E-state index contributed by atoms with van der Waals surface area (Å²) in [5.74, 6) is 5.16. The first-order valence-electron chi connectivity index (χ1n) is 4.39. The van der Waals surface area contributed by atoms with E-state index < -0.39 is 0 Å². The van der Waals surface area contributed by atoms with Crippen molar-refractivity contribution in [3.05, 3.63) is 35.0 Å². The standard InChI is InChI=1S/C10H10ClN3O/c1-14(12)10(15)8-5-13-9-4-6(11)2-3-7(8)9/h2-5,13H,12H2,1H3. The second-order valence-corrected chi connectivity index (χ2v) is 3.74. The third kappa shape index (κ3) is 1.69. The summed E-state index contributed by atoms with van der Waals surface area (Å²) in [6.07, 6.45) is 1.63. The molecule has 5 heteroatoms. The molecule has 0 spiro atoms. The number of nitrogens with one attached hydrogen (secondary N) is 1. The molecule has 0 aliphatic rings. The fourth-order valence-corrected chi connectivity index (χ4v) is 1.64. The van der Waals surface area contributed by atoms with Gasteiger partial charge in [-0.15, -0.1) is 0 Å². The summed E-state index contributed by atoms with van der Waals surface area (Å²) in [4.78, 5) is 14.6. The monoisotopic (exact) mass is 223 g/mol. The van der Waals surface area contributed by atoms with Gasteiger partial charge >= 0.3 is 0 Å². The fraction of sp³-hybridized carbons (Fsp3) is 0.100. The van der Waals surface area contributed by atoms with Crippen LogP contribution in [0.5, 0.6) is 0 Å².